The van der Waals surface area contributed by atoms with Crippen LogP contribution in [0.3, 0.4) is 0 Å². The summed E-state index contributed by atoms with van der Waals surface area (Å²) in [4.78, 5) is 37.2. The van der Waals surface area contributed by atoms with Crippen molar-refractivity contribution in [2.75, 3.05) is 33.3 Å². The molecule has 0 unspecified atom stereocenters. The highest BCUT2D eigenvalue weighted by atomic mass is 16.5. The molecule has 2 amide bonds. The zero-order valence-corrected chi connectivity index (χ0v) is 11.7. The van der Waals surface area contributed by atoms with E-state index in [0.29, 0.717) is 0 Å². The zero-order valence-electron chi connectivity index (χ0n) is 11.7. The van der Waals surface area contributed by atoms with Crippen molar-refractivity contribution in [1.82, 2.24) is 9.80 Å². The summed E-state index contributed by atoms with van der Waals surface area (Å²) < 4.78 is 4.89. The van der Waals surface area contributed by atoms with Crippen LogP contribution in [0.5, 0.6) is 0 Å². The summed E-state index contributed by atoms with van der Waals surface area (Å²) in [5.41, 5.74) is 0. The van der Waals surface area contributed by atoms with Crippen LogP contribution in [0, 0.1) is 0 Å². The number of hydrogen-bond donors (Lipinski definition) is 0. The second-order valence-corrected chi connectivity index (χ2v) is 4.83. The third-order valence-electron chi connectivity index (χ3n) is 3.22. The van der Waals surface area contributed by atoms with Crippen LogP contribution in [0.2, 0.25) is 0 Å². The van der Waals surface area contributed by atoms with E-state index in [1.165, 1.54) is 18.9 Å². The first kappa shape index (κ1) is 15.5. The molecule has 6 nitrogen and oxygen atoms in total. The number of ether oxygens (including phenoxy) is 1. The molecule has 0 aromatic rings. The molecule has 0 aliphatic carbocycles. The molecule has 1 aliphatic rings. The number of carbonyl (C=O) groups excluding carboxylic acids is 3. The fraction of sp³-hybridized carbons (Fsp3) is 0.769. The van der Waals surface area contributed by atoms with Crippen molar-refractivity contribution in [2.24, 2.45) is 0 Å². The lowest BCUT2D eigenvalue weighted by molar-refractivity contribution is -0.154. The van der Waals surface area contributed by atoms with Gasteiger partial charge < -0.3 is 14.5 Å². The van der Waals surface area contributed by atoms with E-state index >= 15 is 0 Å². The Kier molecular flexibility index (Phi) is 6.32. The first-order chi connectivity index (χ1) is 9.00. The highest BCUT2D eigenvalue weighted by Gasteiger charge is 2.18. The van der Waals surface area contributed by atoms with Crippen LogP contribution in [0.25, 0.3) is 0 Å². The number of likely N-dealkylation sites (N-methyl/N-ethyl adjacent to an activating group) is 1. The monoisotopic (exact) mass is 270 g/mol. The molecule has 6 heteroatoms. The Morgan fingerprint density at radius 3 is 2.21 bits per heavy atom. The van der Waals surface area contributed by atoms with Gasteiger partial charge >= 0.3 is 5.97 Å². The molecule has 0 atom stereocenters. The lowest BCUT2D eigenvalue weighted by Crippen LogP contribution is -2.37. The lowest BCUT2D eigenvalue weighted by atomic mass is 10.2. The molecule has 1 heterocycles. The number of hydrogen-bond acceptors (Lipinski definition) is 4. The van der Waals surface area contributed by atoms with Gasteiger partial charge in [0.15, 0.2) is 6.61 Å². The van der Waals surface area contributed by atoms with E-state index in [1.54, 1.807) is 4.90 Å². The van der Waals surface area contributed by atoms with Crippen LogP contribution < -0.4 is 0 Å². The summed E-state index contributed by atoms with van der Waals surface area (Å²) in [5, 5.41) is 0. The minimum absolute atomic E-state index is 0.122. The quantitative estimate of drug-likeness (QED) is 0.694. The van der Waals surface area contributed by atoms with Crippen molar-refractivity contribution in [3.05, 3.63) is 0 Å². The summed E-state index contributed by atoms with van der Waals surface area (Å²) in [6.45, 7) is 2.50. The predicted octanol–water partition coefficient (Wildman–Crippen LogP) is 0.410. The maximum absolute atomic E-state index is 11.8. The third-order valence-corrected chi connectivity index (χ3v) is 3.22. The maximum atomic E-state index is 11.8. The molecule has 0 saturated carbocycles. The molecule has 0 bridgehead atoms. The number of esters is 1. The Morgan fingerprint density at radius 2 is 1.68 bits per heavy atom. The van der Waals surface area contributed by atoms with Crippen LogP contribution in [0.15, 0.2) is 0 Å². The molecule has 1 fully saturated rings. The Labute approximate surface area is 113 Å². The van der Waals surface area contributed by atoms with Crippen molar-refractivity contribution < 1.29 is 19.1 Å². The van der Waals surface area contributed by atoms with Crippen LogP contribution in [-0.2, 0) is 19.1 Å². The van der Waals surface area contributed by atoms with Gasteiger partial charge in [0.05, 0.1) is 0 Å². The van der Waals surface area contributed by atoms with Gasteiger partial charge in [0.1, 0.15) is 6.54 Å². The summed E-state index contributed by atoms with van der Waals surface area (Å²) in [6, 6.07) is 0. The van der Waals surface area contributed by atoms with Crippen molar-refractivity contribution in [3.8, 4) is 0 Å². The minimum Gasteiger partial charge on any atom is -0.454 e. The highest BCUT2D eigenvalue weighted by molar-refractivity contribution is 5.83. The Hall–Kier alpha value is -1.59. The maximum Gasteiger partial charge on any atom is 0.326 e. The van der Waals surface area contributed by atoms with E-state index in [0.717, 1.165) is 38.8 Å². The van der Waals surface area contributed by atoms with Crippen LogP contribution in [-0.4, -0.2) is 60.9 Å². The second-order valence-electron chi connectivity index (χ2n) is 4.83. The van der Waals surface area contributed by atoms with Crippen LogP contribution in [0.4, 0.5) is 0 Å². The molecule has 1 saturated heterocycles. The highest BCUT2D eigenvalue weighted by Crippen LogP contribution is 2.09. The molecule has 0 aromatic heterocycles. The lowest BCUT2D eigenvalue weighted by Gasteiger charge is -2.20. The van der Waals surface area contributed by atoms with E-state index < -0.39 is 5.97 Å². The van der Waals surface area contributed by atoms with Crippen molar-refractivity contribution >= 4 is 17.8 Å². The molecule has 0 aromatic carbocycles. The van der Waals surface area contributed by atoms with E-state index in [2.05, 4.69) is 0 Å². The number of amides is 2. The fourth-order valence-corrected chi connectivity index (χ4v) is 1.90. The van der Waals surface area contributed by atoms with Gasteiger partial charge in [-0.3, -0.25) is 14.4 Å². The van der Waals surface area contributed by atoms with Crippen LogP contribution in [0.1, 0.15) is 32.6 Å². The van der Waals surface area contributed by atoms with E-state index in [-0.39, 0.29) is 25.0 Å². The molecule has 0 spiro atoms. The standard InChI is InChI=1S/C13H22N2O4/c1-11(16)14(2)9-13(18)19-10-12(17)15-7-5-3-4-6-8-15/h3-10H2,1-2H3. The molecule has 1 rings (SSSR count). The van der Waals surface area contributed by atoms with E-state index in [4.69, 9.17) is 4.74 Å². The average molecular weight is 270 g/mol. The fourth-order valence-electron chi connectivity index (χ4n) is 1.90. The molecular formula is C13H22N2O4. The van der Waals surface area contributed by atoms with Gasteiger partial charge in [-0.1, -0.05) is 12.8 Å². The zero-order chi connectivity index (χ0) is 14.3. The Balaban J connectivity index is 2.28. The summed E-state index contributed by atoms with van der Waals surface area (Å²) in [5.74, 6) is -0.919. The van der Waals surface area contributed by atoms with Gasteiger partial charge in [-0.25, -0.2) is 0 Å². The van der Waals surface area contributed by atoms with E-state index in [9.17, 15) is 14.4 Å². The van der Waals surface area contributed by atoms with Gasteiger partial charge in [-0.15, -0.1) is 0 Å². The number of carbonyl (C=O) groups is 3. The van der Waals surface area contributed by atoms with Gasteiger partial charge in [0.2, 0.25) is 5.91 Å². The molecule has 108 valence electrons. The number of rotatable bonds is 4. The average Bonchev–Trinajstić information content (AvgIpc) is 2.64. The van der Waals surface area contributed by atoms with Gasteiger partial charge in [-0.2, -0.15) is 0 Å². The van der Waals surface area contributed by atoms with Gasteiger partial charge in [0.25, 0.3) is 5.91 Å². The molecule has 1 aliphatic heterocycles. The van der Waals surface area contributed by atoms with E-state index in [1.807, 2.05) is 0 Å². The number of likely N-dealkylation sites (tertiary alicyclic amines) is 1. The Morgan fingerprint density at radius 1 is 1.11 bits per heavy atom. The summed E-state index contributed by atoms with van der Waals surface area (Å²) in [6.07, 6.45) is 4.31. The Bertz CT molecular complexity index is 336. The molecular weight excluding hydrogens is 248 g/mol. The number of nitrogens with zero attached hydrogens (tertiary/aromatic N) is 2. The van der Waals surface area contributed by atoms with Gasteiger partial charge in [0, 0.05) is 27.1 Å². The largest absolute Gasteiger partial charge is 0.454 e. The molecule has 0 radical (unpaired) electrons. The van der Waals surface area contributed by atoms with Crippen molar-refractivity contribution in [1.29, 1.82) is 0 Å². The van der Waals surface area contributed by atoms with Crippen LogP contribution >= 0.6 is 0 Å². The molecule has 19 heavy (non-hydrogen) atoms. The van der Waals surface area contributed by atoms with Crippen molar-refractivity contribution in [3.63, 3.8) is 0 Å². The SMILES string of the molecule is CC(=O)N(C)CC(=O)OCC(=O)N1CCCCCC1. The van der Waals surface area contributed by atoms with Gasteiger partial charge in [-0.05, 0) is 12.8 Å². The first-order valence-corrected chi connectivity index (χ1v) is 6.66. The predicted molar refractivity (Wildman–Crippen MR) is 69.3 cm³/mol. The first-order valence-electron chi connectivity index (χ1n) is 6.66. The topological polar surface area (TPSA) is 66.9 Å². The summed E-state index contributed by atoms with van der Waals surface area (Å²) >= 11 is 0. The minimum atomic E-state index is -0.555. The third kappa shape index (κ3) is 5.72. The normalized spacial score (nSPS) is 15.6. The second kappa shape index (κ2) is 7.76. The van der Waals surface area contributed by atoms with Crippen molar-refractivity contribution in [2.45, 2.75) is 32.6 Å². The summed E-state index contributed by atoms with van der Waals surface area (Å²) in [7, 11) is 1.51. The molecule has 0 N–H and O–H groups in total. The smallest absolute Gasteiger partial charge is 0.326 e.